The van der Waals surface area contributed by atoms with Crippen molar-refractivity contribution in [1.82, 2.24) is 4.90 Å². The SMILES string of the molecule is CCOC(=O)[C@H]1[C@@H](P(=O)(OCC)OCC)N1C=C1CCCCC1. The zero-order valence-electron chi connectivity index (χ0n) is 14.3. The second-order valence-electron chi connectivity index (χ2n) is 5.78. The van der Waals surface area contributed by atoms with Gasteiger partial charge in [0, 0.05) is 6.20 Å². The van der Waals surface area contributed by atoms with Gasteiger partial charge in [-0.1, -0.05) is 12.0 Å². The van der Waals surface area contributed by atoms with E-state index in [1.54, 1.807) is 20.8 Å². The van der Waals surface area contributed by atoms with Crippen LogP contribution in [0.15, 0.2) is 11.8 Å². The highest BCUT2D eigenvalue weighted by molar-refractivity contribution is 7.55. The number of carbonyl (C=O) groups is 1. The van der Waals surface area contributed by atoms with Crippen LogP contribution in [-0.2, 0) is 23.1 Å². The molecule has 6 nitrogen and oxygen atoms in total. The monoisotopic (exact) mass is 345 g/mol. The quantitative estimate of drug-likeness (QED) is 0.380. The molecule has 0 aromatic carbocycles. The Bertz CT molecular complexity index is 475. The third kappa shape index (κ3) is 4.37. The molecule has 0 unspecified atom stereocenters. The lowest BCUT2D eigenvalue weighted by Crippen LogP contribution is -2.16. The molecular weight excluding hydrogens is 317 g/mol. The van der Waals surface area contributed by atoms with Crippen LogP contribution >= 0.6 is 7.60 Å². The number of hydrogen-bond donors (Lipinski definition) is 0. The average Bonchev–Trinajstić information content (AvgIpc) is 3.24. The summed E-state index contributed by atoms with van der Waals surface area (Å²) in [5.74, 6) is -0.916. The maximum atomic E-state index is 13.0. The van der Waals surface area contributed by atoms with E-state index in [0.29, 0.717) is 6.61 Å². The summed E-state index contributed by atoms with van der Waals surface area (Å²) >= 11 is 0. The lowest BCUT2D eigenvalue weighted by molar-refractivity contribution is -0.143. The molecule has 1 heterocycles. The molecule has 2 aliphatic rings. The summed E-state index contributed by atoms with van der Waals surface area (Å²) in [5.41, 5.74) is 1.30. The minimum atomic E-state index is -3.36. The van der Waals surface area contributed by atoms with Crippen molar-refractivity contribution < 1.29 is 23.1 Å². The number of ether oxygens (including phenoxy) is 1. The molecule has 1 aliphatic carbocycles. The van der Waals surface area contributed by atoms with Crippen molar-refractivity contribution in [2.45, 2.75) is 64.7 Å². The number of carbonyl (C=O) groups excluding carboxylic acids is 1. The van der Waals surface area contributed by atoms with Crippen molar-refractivity contribution in [3.63, 3.8) is 0 Å². The van der Waals surface area contributed by atoms with Crippen LogP contribution in [0.2, 0.25) is 0 Å². The van der Waals surface area contributed by atoms with Gasteiger partial charge < -0.3 is 18.7 Å². The topological polar surface area (TPSA) is 64.8 Å². The van der Waals surface area contributed by atoms with Crippen LogP contribution in [-0.4, -0.2) is 42.5 Å². The molecule has 0 N–H and O–H groups in total. The van der Waals surface area contributed by atoms with E-state index in [1.807, 2.05) is 11.1 Å². The second-order valence-corrected chi connectivity index (χ2v) is 7.91. The Morgan fingerprint density at radius 1 is 1.13 bits per heavy atom. The van der Waals surface area contributed by atoms with Gasteiger partial charge in [0.25, 0.3) is 0 Å². The molecule has 0 radical (unpaired) electrons. The van der Waals surface area contributed by atoms with Gasteiger partial charge in [-0.3, -0.25) is 4.57 Å². The van der Waals surface area contributed by atoms with Crippen LogP contribution in [0.25, 0.3) is 0 Å². The highest BCUT2D eigenvalue weighted by Crippen LogP contribution is 2.63. The summed E-state index contributed by atoms with van der Waals surface area (Å²) in [5, 5.41) is 0. The van der Waals surface area contributed by atoms with Crippen molar-refractivity contribution in [3.8, 4) is 0 Å². The van der Waals surface area contributed by atoms with E-state index in [2.05, 4.69) is 0 Å². The highest BCUT2D eigenvalue weighted by atomic mass is 31.2. The lowest BCUT2D eigenvalue weighted by Gasteiger charge is -2.17. The third-order valence-corrected chi connectivity index (χ3v) is 6.55. The predicted octanol–water partition coefficient (Wildman–Crippen LogP) is 3.67. The molecule has 0 bridgehead atoms. The van der Waals surface area contributed by atoms with Gasteiger partial charge in [-0.05, 0) is 46.5 Å². The fraction of sp³-hybridized carbons (Fsp3) is 0.812. The predicted molar refractivity (Wildman–Crippen MR) is 88.1 cm³/mol. The van der Waals surface area contributed by atoms with E-state index in [9.17, 15) is 9.36 Å². The minimum Gasteiger partial charge on any atom is -0.464 e. The van der Waals surface area contributed by atoms with Crippen LogP contribution in [0, 0.1) is 0 Å². The first-order valence-electron chi connectivity index (χ1n) is 8.59. The van der Waals surface area contributed by atoms with Gasteiger partial charge in [-0.2, -0.15) is 0 Å². The smallest absolute Gasteiger partial charge is 0.355 e. The van der Waals surface area contributed by atoms with Gasteiger partial charge in [0.1, 0.15) is 0 Å². The number of rotatable bonds is 8. The number of hydrogen-bond acceptors (Lipinski definition) is 6. The number of allylic oxidation sites excluding steroid dienone is 1. The first-order chi connectivity index (χ1) is 11.1. The molecule has 23 heavy (non-hydrogen) atoms. The van der Waals surface area contributed by atoms with Crippen molar-refractivity contribution in [2.75, 3.05) is 19.8 Å². The summed E-state index contributed by atoms with van der Waals surface area (Å²) in [6, 6.07) is -0.562. The Hall–Kier alpha value is -0.840. The number of nitrogens with zero attached hydrogens (tertiary/aromatic N) is 1. The third-order valence-electron chi connectivity index (χ3n) is 4.12. The molecule has 2 rings (SSSR count). The first kappa shape index (κ1) is 18.5. The molecule has 0 aromatic rings. The van der Waals surface area contributed by atoms with Crippen LogP contribution in [0.1, 0.15) is 52.9 Å². The number of esters is 1. The molecular formula is C16H28NO5P. The first-order valence-corrected chi connectivity index (χ1v) is 10.2. The van der Waals surface area contributed by atoms with Crippen molar-refractivity contribution in [1.29, 1.82) is 0 Å². The summed E-state index contributed by atoms with van der Waals surface area (Å²) in [6.07, 6.45) is 7.64. The Balaban J connectivity index is 2.19. The standard InChI is InChI=1S/C16H28NO5P/c1-4-20-16(18)14-15(23(19,21-5-2)22-6-3)17(14)12-13-10-8-7-9-11-13/h12,14-15H,4-11H2,1-3H3/t14-,15-,17?/m1/s1. The Kier molecular flexibility index (Phi) is 6.69. The van der Waals surface area contributed by atoms with Crippen molar-refractivity contribution in [2.24, 2.45) is 0 Å². The fourth-order valence-electron chi connectivity index (χ4n) is 3.09. The van der Waals surface area contributed by atoms with Gasteiger partial charge >= 0.3 is 13.6 Å². The highest BCUT2D eigenvalue weighted by Gasteiger charge is 2.63. The Morgan fingerprint density at radius 2 is 1.74 bits per heavy atom. The fourth-order valence-corrected chi connectivity index (χ4v) is 5.28. The summed E-state index contributed by atoms with van der Waals surface area (Å²) in [7, 11) is -3.36. The Morgan fingerprint density at radius 3 is 2.26 bits per heavy atom. The molecule has 2 fully saturated rings. The molecule has 132 valence electrons. The lowest BCUT2D eigenvalue weighted by atomic mass is 9.96. The molecule has 7 heteroatoms. The average molecular weight is 345 g/mol. The van der Waals surface area contributed by atoms with Gasteiger partial charge in [-0.15, -0.1) is 0 Å². The van der Waals surface area contributed by atoms with Crippen LogP contribution in [0.5, 0.6) is 0 Å². The normalized spacial score (nSPS) is 24.5. The van der Waals surface area contributed by atoms with Crippen LogP contribution in [0.3, 0.4) is 0 Å². The van der Waals surface area contributed by atoms with Crippen molar-refractivity contribution in [3.05, 3.63) is 11.8 Å². The van der Waals surface area contributed by atoms with Gasteiger partial charge in [0.05, 0.1) is 19.8 Å². The molecule has 0 aromatic heterocycles. The zero-order valence-corrected chi connectivity index (χ0v) is 15.2. The van der Waals surface area contributed by atoms with Crippen molar-refractivity contribution >= 4 is 13.6 Å². The molecule has 0 amide bonds. The van der Waals surface area contributed by atoms with E-state index in [4.69, 9.17) is 13.8 Å². The van der Waals surface area contributed by atoms with Gasteiger partial charge in [0.15, 0.2) is 11.8 Å². The molecule has 1 aliphatic heterocycles. The van der Waals surface area contributed by atoms with E-state index >= 15 is 0 Å². The molecule has 2 atom stereocenters. The molecule has 1 saturated heterocycles. The summed E-state index contributed by atoms with van der Waals surface area (Å²) in [6.45, 7) is 6.19. The molecule has 1 saturated carbocycles. The molecule has 0 spiro atoms. The van der Waals surface area contributed by atoms with Crippen LogP contribution < -0.4 is 0 Å². The van der Waals surface area contributed by atoms with E-state index in [0.717, 1.165) is 12.8 Å². The van der Waals surface area contributed by atoms with Gasteiger partial charge in [0.2, 0.25) is 0 Å². The zero-order chi connectivity index (χ0) is 16.9. The van der Waals surface area contributed by atoms with Crippen LogP contribution in [0.4, 0.5) is 0 Å². The van der Waals surface area contributed by atoms with E-state index in [1.165, 1.54) is 24.8 Å². The summed E-state index contributed by atoms with van der Waals surface area (Å²) in [4.78, 5) is 14.0. The van der Waals surface area contributed by atoms with Gasteiger partial charge in [-0.25, -0.2) is 4.79 Å². The largest absolute Gasteiger partial charge is 0.464 e. The van der Waals surface area contributed by atoms with E-state index < -0.39 is 19.4 Å². The Labute approximate surface area is 138 Å². The maximum Gasteiger partial charge on any atom is 0.355 e. The second kappa shape index (κ2) is 8.32. The van der Waals surface area contributed by atoms with E-state index in [-0.39, 0.29) is 19.2 Å². The minimum absolute atomic E-state index is 0.285. The summed E-state index contributed by atoms with van der Waals surface area (Å²) < 4.78 is 29.0. The maximum absolute atomic E-state index is 13.0.